The second-order valence-electron chi connectivity index (χ2n) is 7.71. The quantitative estimate of drug-likeness (QED) is 0.650. The number of para-hydroxylation sites is 2. The second-order valence-corrected chi connectivity index (χ2v) is 8.65. The van der Waals surface area contributed by atoms with E-state index in [0.717, 1.165) is 16.8 Å². The number of anilines is 2. The number of aryl methyl sites for hydroxylation is 2. The third-order valence-corrected chi connectivity index (χ3v) is 6.01. The summed E-state index contributed by atoms with van der Waals surface area (Å²) < 4.78 is 1.63. The van der Waals surface area contributed by atoms with Gasteiger partial charge in [0.15, 0.2) is 0 Å². The van der Waals surface area contributed by atoms with Gasteiger partial charge in [0, 0.05) is 0 Å². The Morgan fingerprint density at radius 1 is 1.13 bits per heavy atom. The molecule has 8 nitrogen and oxygen atoms in total. The molecule has 9 heteroatoms. The highest BCUT2D eigenvalue weighted by Gasteiger charge is 2.43. The van der Waals surface area contributed by atoms with E-state index in [9.17, 15) is 9.59 Å². The maximum atomic E-state index is 13.2. The van der Waals surface area contributed by atoms with Crippen LogP contribution in [0.2, 0.25) is 0 Å². The smallest absolute Gasteiger partial charge is 0.250 e. The Morgan fingerprint density at radius 2 is 1.90 bits per heavy atom. The van der Waals surface area contributed by atoms with Crippen molar-refractivity contribution in [1.29, 1.82) is 0 Å². The summed E-state index contributed by atoms with van der Waals surface area (Å²) in [5.41, 5.74) is 3.35. The van der Waals surface area contributed by atoms with E-state index in [0.29, 0.717) is 16.5 Å². The lowest BCUT2D eigenvalue weighted by Crippen LogP contribution is -2.59. The van der Waals surface area contributed by atoms with Gasteiger partial charge < -0.3 is 5.32 Å². The molecule has 0 spiro atoms. The largest absolute Gasteiger partial charge is 0.322 e. The monoisotopic (exact) mass is 422 g/mol. The average molecular weight is 423 g/mol. The number of nitrogens with zero attached hydrogens (tertiary/aromatic N) is 5. The molecule has 0 fully saturated rings. The van der Waals surface area contributed by atoms with E-state index in [-0.39, 0.29) is 17.6 Å². The van der Waals surface area contributed by atoms with Crippen molar-refractivity contribution in [3.05, 3.63) is 53.6 Å². The zero-order valence-electron chi connectivity index (χ0n) is 17.2. The number of benzene rings is 2. The minimum atomic E-state index is -1.01. The molecule has 1 aliphatic rings. The number of tetrazole rings is 1. The molecule has 0 aliphatic carbocycles. The van der Waals surface area contributed by atoms with E-state index in [1.54, 1.807) is 29.5 Å². The van der Waals surface area contributed by atoms with Gasteiger partial charge in [0.1, 0.15) is 5.54 Å². The lowest BCUT2D eigenvalue weighted by Gasteiger charge is -2.42. The van der Waals surface area contributed by atoms with E-state index in [1.807, 2.05) is 44.2 Å². The zero-order chi connectivity index (χ0) is 21.5. The average Bonchev–Trinajstić information content (AvgIpc) is 3.15. The normalized spacial score (nSPS) is 14.9. The topological polar surface area (TPSA) is 93.0 Å². The Hall–Kier alpha value is -3.20. The van der Waals surface area contributed by atoms with Crippen LogP contribution in [0.1, 0.15) is 25.0 Å². The molecule has 154 valence electrons. The highest BCUT2D eigenvalue weighted by Crippen LogP contribution is 2.37. The Morgan fingerprint density at radius 3 is 2.67 bits per heavy atom. The molecule has 0 atom stereocenters. The van der Waals surface area contributed by atoms with Crippen molar-refractivity contribution in [2.45, 2.75) is 38.4 Å². The summed E-state index contributed by atoms with van der Waals surface area (Å²) in [4.78, 5) is 27.4. The van der Waals surface area contributed by atoms with E-state index < -0.39 is 5.54 Å². The SMILES string of the molecule is Cc1ccc(-n2nnnc2SCC(=O)N2c3ccccc3NC(=O)C2(C)C)c(C)c1. The van der Waals surface area contributed by atoms with Crippen LogP contribution < -0.4 is 10.2 Å². The number of amides is 2. The predicted molar refractivity (Wildman–Crippen MR) is 116 cm³/mol. The van der Waals surface area contributed by atoms with Crippen molar-refractivity contribution in [2.75, 3.05) is 16.0 Å². The number of carbonyl (C=O) groups excluding carboxylic acids is 2. The number of rotatable bonds is 4. The van der Waals surface area contributed by atoms with Crippen LogP contribution in [0.15, 0.2) is 47.6 Å². The molecule has 0 saturated carbocycles. The van der Waals surface area contributed by atoms with Gasteiger partial charge in [-0.1, -0.05) is 41.6 Å². The summed E-state index contributed by atoms with van der Waals surface area (Å²) in [6.07, 6.45) is 0. The second kappa shape index (κ2) is 7.56. The maximum absolute atomic E-state index is 13.2. The fraction of sp³-hybridized carbons (Fsp3) is 0.286. The first kappa shape index (κ1) is 20.1. The zero-order valence-corrected chi connectivity index (χ0v) is 18.0. The van der Waals surface area contributed by atoms with Crippen molar-refractivity contribution < 1.29 is 9.59 Å². The highest BCUT2D eigenvalue weighted by atomic mass is 32.2. The van der Waals surface area contributed by atoms with E-state index in [4.69, 9.17) is 0 Å². The molecular weight excluding hydrogens is 400 g/mol. The van der Waals surface area contributed by atoms with Crippen LogP contribution >= 0.6 is 11.8 Å². The van der Waals surface area contributed by atoms with Gasteiger partial charge in [0.05, 0.1) is 22.8 Å². The number of carbonyl (C=O) groups is 2. The minimum absolute atomic E-state index is 0.0936. The molecule has 2 aromatic carbocycles. The number of hydrogen-bond donors (Lipinski definition) is 1. The molecule has 0 saturated heterocycles. The fourth-order valence-corrected chi connectivity index (χ4v) is 4.29. The lowest BCUT2D eigenvalue weighted by molar-refractivity contribution is -0.125. The molecule has 3 aromatic rings. The van der Waals surface area contributed by atoms with E-state index in [1.165, 1.54) is 11.8 Å². The summed E-state index contributed by atoms with van der Waals surface area (Å²) in [5, 5.41) is 15.3. The molecule has 1 aliphatic heterocycles. The van der Waals surface area contributed by atoms with E-state index >= 15 is 0 Å². The van der Waals surface area contributed by atoms with Crippen LogP contribution in [0.25, 0.3) is 5.69 Å². The van der Waals surface area contributed by atoms with Gasteiger partial charge in [-0.2, -0.15) is 4.68 Å². The van der Waals surface area contributed by atoms with Gasteiger partial charge in [-0.3, -0.25) is 14.5 Å². The predicted octanol–water partition coefficient (Wildman–Crippen LogP) is 3.14. The van der Waals surface area contributed by atoms with Crippen molar-refractivity contribution >= 4 is 35.0 Å². The molecule has 30 heavy (non-hydrogen) atoms. The molecule has 1 aromatic heterocycles. The first-order chi connectivity index (χ1) is 14.3. The molecule has 0 bridgehead atoms. The summed E-state index contributed by atoms with van der Waals surface area (Å²) in [6.45, 7) is 7.50. The Kier molecular flexibility index (Phi) is 5.07. The molecule has 0 unspecified atom stereocenters. The van der Waals surface area contributed by atoms with Crippen LogP contribution in [0.4, 0.5) is 11.4 Å². The van der Waals surface area contributed by atoms with E-state index in [2.05, 4.69) is 26.9 Å². The summed E-state index contributed by atoms with van der Waals surface area (Å²) >= 11 is 1.24. The third kappa shape index (κ3) is 3.45. The number of nitrogens with one attached hydrogen (secondary N) is 1. The van der Waals surface area contributed by atoms with Gasteiger partial charge in [0.25, 0.3) is 0 Å². The number of thioether (sulfide) groups is 1. The molecule has 2 heterocycles. The number of aromatic nitrogens is 4. The first-order valence-electron chi connectivity index (χ1n) is 9.51. The van der Waals surface area contributed by atoms with Gasteiger partial charge >= 0.3 is 0 Å². The van der Waals surface area contributed by atoms with Crippen LogP contribution in [0.5, 0.6) is 0 Å². The Labute approximate surface area is 178 Å². The highest BCUT2D eigenvalue weighted by molar-refractivity contribution is 7.99. The minimum Gasteiger partial charge on any atom is -0.322 e. The Balaban J connectivity index is 1.59. The maximum Gasteiger partial charge on any atom is 0.250 e. The van der Waals surface area contributed by atoms with Crippen LogP contribution in [-0.2, 0) is 9.59 Å². The molecule has 4 rings (SSSR count). The molecular formula is C21H22N6O2S. The van der Waals surface area contributed by atoms with Crippen molar-refractivity contribution in [1.82, 2.24) is 20.2 Å². The first-order valence-corrected chi connectivity index (χ1v) is 10.5. The number of fused-ring (bicyclic) bond motifs is 1. The van der Waals surface area contributed by atoms with Crippen LogP contribution in [0, 0.1) is 13.8 Å². The summed E-state index contributed by atoms with van der Waals surface area (Å²) in [5.74, 6) is -0.321. The third-order valence-electron chi connectivity index (χ3n) is 5.10. The van der Waals surface area contributed by atoms with Gasteiger partial charge in [0.2, 0.25) is 17.0 Å². The standard InChI is InChI=1S/C21H22N6O2S/c1-13-9-10-16(14(2)11-13)27-20(23-24-25-27)30-12-18(28)26-17-8-6-5-7-15(17)22-19(29)21(26,3)4/h5-11H,12H2,1-4H3,(H,22,29). The van der Waals surface area contributed by atoms with Crippen LogP contribution in [0.3, 0.4) is 0 Å². The van der Waals surface area contributed by atoms with Gasteiger partial charge in [-0.05, 0) is 61.9 Å². The van der Waals surface area contributed by atoms with Gasteiger partial charge in [-0.25, -0.2) is 0 Å². The number of hydrogen-bond acceptors (Lipinski definition) is 6. The molecule has 2 amide bonds. The lowest BCUT2D eigenvalue weighted by atomic mass is 9.96. The summed E-state index contributed by atoms with van der Waals surface area (Å²) in [6, 6.07) is 13.3. The molecule has 1 N–H and O–H groups in total. The summed E-state index contributed by atoms with van der Waals surface area (Å²) in [7, 11) is 0. The van der Waals surface area contributed by atoms with Crippen molar-refractivity contribution in [3.8, 4) is 5.69 Å². The fourth-order valence-electron chi connectivity index (χ4n) is 3.55. The van der Waals surface area contributed by atoms with Crippen LogP contribution in [-0.4, -0.2) is 43.3 Å². The van der Waals surface area contributed by atoms with Crippen molar-refractivity contribution in [2.24, 2.45) is 0 Å². The molecule has 0 radical (unpaired) electrons. The Bertz CT molecular complexity index is 1140. The van der Waals surface area contributed by atoms with Gasteiger partial charge in [-0.15, -0.1) is 5.10 Å². The van der Waals surface area contributed by atoms with Crippen molar-refractivity contribution in [3.63, 3.8) is 0 Å².